The van der Waals surface area contributed by atoms with E-state index in [-0.39, 0.29) is 28.6 Å². The van der Waals surface area contributed by atoms with Gasteiger partial charge in [-0.05, 0) is 60.2 Å². The van der Waals surface area contributed by atoms with E-state index in [9.17, 15) is 14.4 Å². The van der Waals surface area contributed by atoms with Crippen molar-refractivity contribution in [3.8, 4) is 5.75 Å². The minimum absolute atomic E-state index is 0.232. The highest BCUT2D eigenvalue weighted by Crippen LogP contribution is 2.31. The minimum Gasteiger partial charge on any atom is -0.482 e. The van der Waals surface area contributed by atoms with Crippen LogP contribution in [0.3, 0.4) is 0 Å². The maximum absolute atomic E-state index is 12.1. The molecule has 7 nitrogen and oxygen atoms in total. The summed E-state index contributed by atoms with van der Waals surface area (Å²) in [5, 5.41) is 6.24. The van der Waals surface area contributed by atoms with Crippen LogP contribution in [0.1, 0.15) is 18.1 Å². The molecule has 2 aromatic rings. The van der Waals surface area contributed by atoms with Crippen LogP contribution in [0.2, 0.25) is 10.0 Å². The number of carbonyl (C=O) groups is 3. The lowest BCUT2D eigenvalue weighted by molar-refractivity contribution is -0.118. The van der Waals surface area contributed by atoms with Gasteiger partial charge in [0.2, 0.25) is 5.91 Å². The van der Waals surface area contributed by atoms with E-state index in [1.807, 2.05) is 6.92 Å². The number of nitrogens with zero attached hydrogens (tertiary/aromatic N) is 1. The number of amidine groups is 1. The van der Waals surface area contributed by atoms with Crippen LogP contribution in [0.15, 0.2) is 46.3 Å². The molecule has 10 heteroatoms. The summed E-state index contributed by atoms with van der Waals surface area (Å²) >= 11 is 13.4. The summed E-state index contributed by atoms with van der Waals surface area (Å²) in [6, 6.07) is 10.1. The summed E-state index contributed by atoms with van der Waals surface area (Å²) in [6.45, 7) is 2.97. The average Bonchev–Trinajstić information content (AvgIpc) is 3.02. The number of hydrogen-bond donors (Lipinski definition) is 2. The zero-order valence-electron chi connectivity index (χ0n) is 16.5. The second kappa shape index (κ2) is 10.00. The van der Waals surface area contributed by atoms with E-state index in [0.717, 1.165) is 17.3 Å². The predicted molar refractivity (Wildman–Crippen MR) is 124 cm³/mol. The van der Waals surface area contributed by atoms with Crippen LogP contribution >= 0.6 is 35.0 Å². The number of nitrogens with one attached hydrogen (secondary N) is 2. The van der Waals surface area contributed by atoms with Gasteiger partial charge in [0.05, 0.1) is 9.93 Å². The van der Waals surface area contributed by atoms with Gasteiger partial charge in [-0.3, -0.25) is 14.4 Å². The van der Waals surface area contributed by atoms with E-state index in [4.69, 9.17) is 27.9 Å². The van der Waals surface area contributed by atoms with Gasteiger partial charge in [0.15, 0.2) is 11.8 Å². The van der Waals surface area contributed by atoms with Gasteiger partial charge in [-0.15, -0.1) is 0 Å². The first-order valence-electron chi connectivity index (χ1n) is 9.00. The van der Waals surface area contributed by atoms with Crippen LogP contribution in [-0.2, 0) is 14.4 Å². The smallest absolute Gasteiger partial charge is 0.286 e. The normalized spacial score (nSPS) is 14.4. The summed E-state index contributed by atoms with van der Waals surface area (Å²) in [6.07, 6.45) is 1.61. The molecule has 2 aromatic carbocycles. The van der Waals surface area contributed by atoms with Gasteiger partial charge in [0.1, 0.15) is 5.75 Å². The van der Waals surface area contributed by atoms with Crippen molar-refractivity contribution in [2.24, 2.45) is 4.99 Å². The first-order chi connectivity index (χ1) is 14.7. The largest absolute Gasteiger partial charge is 0.482 e. The molecule has 0 spiro atoms. The van der Waals surface area contributed by atoms with Crippen molar-refractivity contribution in [2.75, 3.05) is 11.9 Å². The maximum Gasteiger partial charge on any atom is 0.286 e. The molecule has 1 aliphatic heterocycles. The molecular formula is C21H17Cl2N3O4S. The molecule has 2 N–H and O–H groups in total. The zero-order valence-corrected chi connectivity index (χ0v) is 18.8. The quantitative estimate of drug-likeness (QED) is 0.620. The van der Waals surface area contributed by atoms with Crippen LogP contribution < -0.4 is 15.4 Å². The van der Waals surface area contributed by atoms with E-state index in [0.29, 0.717) is 26.9 Å². The maximum atomic E-state index is 12.1. The standard InChI is InChI=1S/C21H17Cl2N3O4S/c1-11-3-5-14(9-15(11)22)25-19(28)10-30-17-6-4-13(7-16(17)23)8-18-20(29)26-21(31-18)24-12(2)27/h3-9H,10H2,1-2H3,(H,25,28)(H,24,26,27,29)/b18-8-. The van der Waals surface area contributed by atoms with Crippen LogP contribution in [0.4, 0.5) is 5.69 Å². The number of benzene rings is 2. The molecule has 1 aliphatic rings. The van der Waals surface area contributed by atoms with Crippen molar-refractivity contribution in [2.45, 2.75) is 13.8 Å². The lowest BCUT2D eigenvalue weighted by Gasteiger charge is -2.10. The lowest BCUT2D eigenvalue weighted by Crippen LogP contribution is -2.23. The topological polar surface area (TPSA) is 96.9 Å². The number of ether oxygens (including phenoxy) is 1. The molecule has 0 aliphatic carbocycles. The Labute approximate surface area is 192 Å². The Hall–Kier alpha value is -2.81. The molecule has 0 bridgehead atoms. The molecule has 0 aromatic heterocycles. The van der Waals surface area contributed by atoms with Crippen molar-refractivity contribution in [3.05, 3.63) is 62.5 Å². The summed E-state index contributed by atoms with van der Waals surface area (Å²) in [5.74, 6) is -0.795. The van der Waals surface area contributed by atoms with E-state index >= 15 is 0 Å². The highest BCUT2D eigenvalue weighted by Gasteiger charge is 2.22. The monoisotopic (exact) mass is 477 g/mol. The van der Waals surface area contributed by atoms with E-state index in [1.165, 1.54) is 6.92 Å². The summed E-state index contributed by atoms with van der Waals surface area (Å²) in [4.78, 5) is 39.3. The highest BCUT2D eigenvalue weighted by atomic mass is 35.5. The number of carbonyl (C=O) groups excluding carboxylic acids is 3. The van der Waals surface area contributed by atoms with Crippen LogP contribution in [-0.4, -0.2) is 29.5 Å². The predicted octanol–water partition coefficient (Wildman–Crippen LogP) is 4.43. The molecule has 0 saturated heterocycles. The summed E-state index contributed by atoms with van der Waals surface area (Å²) in [5.41, 5.74) is 2.12. The third kappa shape index (κ3) is 6.33. The fraction of sp³-hybridized carbons (Fsp3) is 0.143. The second-order valence-electron chi connectivity index (χ2n) is 6.50. The Bertz CT molecular complexity index is 1130. The van der Waals surface area contributed by atoms with Crippen molar-refractivity contribution in [1.29, 1.82) is 0 Å². The molecule has 0 radical (unpaired) electrons. The summed E-state index contributed by atoms with van der Waals surface area (Å²) in [7, 11) is 0. The molecule has 0 atom stereocenters. The molecule has 0 unspecified atom stereocenters. The SMILES string of the molecule is CC(=O)NC1=NC(=O)/C(=C/c2ccc(OCC(=O)Nc3ccc(C)c(Cl)c3)c(Cl)c2)S1. The molecule has 0 saturated carbocycles. The fourth-order valence-electron chi connectivity index (χ4n) is 2.50. The Morgan fingerprint density at radius 2 is 1.90 bits per heavy atom. The first kappa shape index (κ1) is 22.9. The minimum atomic E-state index is -0.446. The molecule has 31 heavy (non-hydrogen) atoms. The van der Waals surface area contributed by atoms with Crippen molar-refractivity contribution >= 4 is 69.6 Å². The molecule has 3 amide bonds. The highest BCUT2D eigenvalue weighted by molar-refractivity contribution is 8.18. The molecule has 160 valence electrons. The number of rotatable bonds is 5. The molecular weight excluding hydrogens is 461 g/mol. The number of amides is 3. The Morgan fingerprint density at radius 3 is 2.58 bits per heavy atom. The Kier molecular flexibility index (Phi) is 7.37. The van der Waals surface area contributed by atoms with Gasteiger partial charge in [0.25, 0.3) is 11.8 Å². The zero-order chi connectivity index (χ0) is 22.5. The van der Waals surface area contributed by atoms with Crippen LogP contribution in [0.25, 0.3) is 6.08 Å². The van der Waals surface area contributed by atoms with E-state index in [2.05, 4.69) is 15.6 Å². The third-order valence-corrected chi connectivity index (χ3v) is 5.57. The Morgan fingerprint density at radius 1 is 1.13 bits per heavy atom. The van der Waals surface area contributed by atoms with Crippen molar-refractivity contribution in [1.82, 2.24) is 5.32 Å². The van der Waals surface area contributed by atoms with Crippen molar-refractivity contribution in [3.63, 3.8) is 0 Å². The number of thioether (sulfide) groups is 1. The van der Waals surface area contributed by atoms with E-state index < -0.39 is 5.91 Å². The van der Waals surface area contributed by atoms with Gasteiger partial charge < -0.3 is 15.4 Å². The number of aryl methyl sites for hydroxylation is 1. The van der Waals surface area contributed by atoms with Crippen molar-refractivity contribution < 1.29 is 19.1 Å². The van der Waals surface area contributed by atoms with E-state index in [1.54, 1.807) is 42.5 Å². The second-order valence-corrected chi connectivity index (χ2v) is 8.35. The van der Waals surface area contributed by atoms with Gasteiger partial charge in [0, 0.05) is 17.6 Å². The first-order valence-corrected chi connectivity index (χ1v) is 10.6. The third-order valence-electron chi connectivity index (χ3n) is 3.97. The molecule has 3 rings (SSSR count). The number of aliphatic imine (C=N–C) groups is 1. The van der Waals surface area contributed by atoms with Crippen LogP contribution in [0.5, 0.6) is 5.75 Å². The fourth-order valence-corrected chi connectivity index (χ4v) is 3.78. The summed E-state index contributed by atoms with van der Waals surface area (Å²) < 4.78 is 5.49. The Balaban J connectivity index is 1.59. The number of anilines is 1. The number of halogens is 2. The molecule has 0 fully saturated rings. The van der Waals surface area contributed by atoms with Crippen LogP contribution in [0, 0.1) is 6.92 Å². The molecule has 1 heterocycles. The van der Waals surface area contributed by atoms with Gasteiger partial charge in [-0.2, -0.15) is 4.99 Å². The lowest BCUT2D eigenvalue weighted by atomic mass is 10.2. The van der Waals surface area contributed by atoms with Gasteiger partial charge in [-0.1, -0.05) is 35.3 Å². The average molecular weight is 478 g/mol. The van der Waals surface area contributed by atoms with Gasteiger partial charge >= 0.3 is 0 Å². The number of hydrogen-bond acceptors (Lipinski definition) is 5. The van der Waals surface area contributed by atoms with Gasteiger partial charge in [-0.25, -0.2) is 0 Å².